The fraction of sp³-hybridized carbons (Fsp3) is 0.875. The van der Waals surface area contributed by atoms with Gasteiger partial charge in [-0.3, -0.25) is 9.69 Å². The molecule has 4 heteroatoms. The van der Waals surface area contributed by atoms with E-state index in [9.17, 15) is 4.79 Å². The van der Waals surface area contributed by atoms with Crippen molar-refractivity contribution in [3.05, 3.63) is 0 Å². The third-order valence-electron chi connectivity index (χ3n) is 2.24. The Balaban J connectivity index is 2.30. The van der Waals surface area contributed by atoms with Crippen LogP contribution in [0.2, 0.25) is 0 Å². The molecule has 12 heavy (non-hydrogen) atoms. The molecular formula is C8H16N2O2. The summed E-state index contributed by atoms with van der Waals surface area (Å²) >= 11 is 0. The van der Waals surface area contributed by atoms with Crippen LogP contribution in [0.5, 0.6) is 0 Å². The Kier molecular flexibility index (Phi) is 3.49. The summed E-state index contributed by atoms with van der Waals surface area (Å²) in [6.45, 7) is 2.28. The summed E-state index contributed by atoms with van der Waals surface area (Å²) in [5.74, 6) is 0.0479. The Morgan fingerprint density at radius 3 is 3.00 bits per heavy atom. The van der Waals surface area contributed by atoms with Crippen LogP contribution in [0.4, 0.5) is 0 Å². The van der Waals surface area contributed by atoms with Gasteiger partial charge in [0.1, 0.15) is 0 Å². The molecule has 0 spiro atoms. The third-order valence-corrected chi connectivity index (χ3v) is 2.24. The van der Waals surface area contributed by atoms with E-state index in [1.54, 1.807) is 0 Å². The highest BCUT2D eigenvalue weighted by Gasteiger charge is 2.19. The molecule has 4 nitrogen and oxygen atoms in total. The lowest BCUT2D eigenvalue weighted by Gasteiger charge is -2.30. The summed E-state index contributed by atoms with van der Waals surface area (Å²) < 4.78 is 0. The summed E-state index contributed by atoms with van der Waals surface area (Å²) in [7, 11) is 0. The molecule has 0 radical (unpaired) electrons. The van der Waals surface area contributed by atoms with Gasteiger partial charge < -0.3 is 10.8 Å². The molecule has 0 unspecified atom stereocenters. The first-order valence-corrected chi connectivity index (χ1v) is 4.34. The minimum absolute atomic E-state index is 0.218. The van der Waals surface area contributed by atoms with Gasteiger partial charge in [-0.1, -0.05) is 0 Å². The summed E-state index contributed by atoms with van der Waals surface area (Å²) in [5, 5.41) is 8.90. The zero-order chi connectivity index (χ0) is 8.97. The normalized spacial score (nSPS) is 25.6. The Labute approximate surface area is 72.3 Å². The predicted molar refractivity (Wildman–Crippen MR) is 45.4 cm³/mol. The van der Waals surface area contributed by atoms with Crippen LogP contribution in [-0.2, 0) is 4.79 Å². The number of nitrogens with zero attached hydrogens (tertiary/aromatic N) is 1. The summed E-state index contributed by atoms with van der Waals surface area (Å²) in [6.07, 6.45) is 2.12. The largest absolute Gasteiger partial charge is 0.396 e. The number of aliphatic hydroxyl groups is 1. The van der Waals surface area contributed by atoms with Gasteiger partial charge in [0.25, 0.3) is 0 Å². The standard InChI is InChI=1S/C8H16N2O2/c9-8(12)5-10-3-1-2-7(4-10)6-11/h7,11H,1-6H2,(H2,9,12)/t7-/m1/s1. The SMILES string of the molecule is NC(=O)CN1CCC[C@@H](CO)C1. The average Bonchev–Trinajstić information content (AvgIpc) is 2.03. The number of aliphatic hydroxyl groups excluding tert-OH is 1. The molecule has 1 saturated heterocycles. The molecule has 1 aliphatic rings. The number of primary amides is 1. The number of carbonyl (C=O) groups is 1. The van der Waals surface area contributed by atoms with Gasteiger partial charge in [0.2, 0.25) is 5.91 Å². The number of amides is 1. The monoisotopic (exact) mass is 172 g/mol. The van der Waals surface area contributed by atoms with Crippen molar-refractivity contribution in [2.75, 3.05) is 26.2 Å². The molecule has 0 saturated carbocycles. The van der Waals surface area contributed by atoms with E-state index in [1.807, 2.05) is 4.90 Å². The van der Waals surface area contributed by atoms with Gasteiger partial charge in [-0.05, 0) is 25.3 Å². The molecule has 0 aromatic heterocycles. The lowest BCUT2D eigenvalue weighted by molar-refractivity contribution is -0.119. The van der Waals surface area contributed by atoms with Crippen LogP contribution in [-0.4, -0.2) is 42.2 Å². The molecule has 0 bridgehead atoms. The highest BCUT2D eigenvalue weighted by atomic mass is 16.3. The number of carbonyl (C=O) groups excluding carboxylic acids is 1. The fourth-order valence-electron chi connectivity index (χ4n) is 1.66. The van der Waals surface area contributed by atoms with Crippen molar-refractivity contribution >= 4 is 5.91 Å². The Morgan fingerprint density at radius 1 is 1.67 bits per heavy atom. The summed E-state index contributed by atoms with van der Waals surface area (Å²) in [5.41, 5.74) is 5.07. The van der Waals surface area contributed by atoms with E-state index < -0.39 is 0 Å². The maximum Gasteiger partial charge on any atom is 0.231 e. The number of likely N-dealkylation sites (tertiary alicyclic amines) is 1. The molecule has 1 amide bonds. The predicted octanol–water partition coefficient (Wildman–Crippen LogP) is -0.824. The van der Waals surface area contributed by atoms with E-state index >= 15 is 0 Å². The molecule has 1 heterocycles. The third kappa shape index (κ3) is 2.79. The number of hydrogen-bond donors (Lipinski definition) is 2. The number of rotatable bonds is 3. The van der Waals surface area contributed by atoms with Crippen molar-refractivity contribution in [2.24, 2.45) is 11.7 Å². The average molecular weight is 172 g/mol. The van der Waals surface area contributed by atoms with Crippen LogP contribution in [0.25, 0.3) is 0 Å². The number of piperidine rings is 1. The maximum absolute atomic E-state index is 10.6. The summed E-state index contributed by atoms with van der Waals surface area (Å²) in [6, 6.07) is 0. The molecule has 1 rings (SSSR count). The van der Waals surface area contributed by atoms with Gasteiger partial charge >= 0.3 is 0 Å². The van der Waals surface area contributed by atoms with Crippen molar-refractivity contribution in [1.82, 2.24) is 4.90 Å². The highest BCUT2D eigenvalue weighted by Crippen LogP contribution is 2.14. The van der Waals surface area contributed by atoms with Gasteiger partial charge in [0, 0.05) is 13.2 Å². The van der Waals surface area contributed by atoms with Gasteiger partial charge in [0.05, 0.1) is 6.54 Å². The Hall–Kier alpha value is -0.610. The van der Waals surface area contributed by atoms with Gasteiger partial charge in [-0.25, -0.2) is 0 Å². The maximum atomic E-state index is 10.6. The van der Waals surface area contributed by atoms with E-state index in [1.165, 1.54) is 0 Å². The fourth-order valence-corrected chi connectivity index (χ4v) is 1.66. The van der Waals surface area contributed by atoms with Crippen LogP contribution in [0, 0.1) is 5.92 Å². The van der Waals surface area contributed by atoms with Gasteiger partial charge in [0.15, 0.2) is 0 Å². The Morgan fingerprint density at radius 2 is 2.42 bits per heavy atom. The number of hydrogen-bond acceptors (Lipinski definition) is 3. The van der Waals surface area contributed by atoms with Crippen LogP contribution >= 0.6 is 0 Å². The minimum atomic E-state index is -0.284. The first kappa shape index (κ1) is 9.48. The first-order chi connectivity index (χ1) is 5.72. The molecule has 0 aliphatic carbocycles. The van der Waals surface area contributed by atoms with E-state index in [0.717, 1.165) is 25.9 Å². The van der Waals surface area contributed by atoms with E-state index in [2.05, 4.69) is 0 Å². The minimum Gasteiger partial charge on any atom is -0.396 e. The smallest absolute Gasteiger partial charge is 0.231 e. The van der Waals surface area contributed by atoms with Crippen molar-refractivity contribution in [1.29, 1.82) is 0 Å². The van der Waals surface area contributed by atoms with Crippen molar-refractivity contribution in [3.63, 3.8) is 0 Å². The zero-order valence-corrected chi connectivity index (χ0v) is 7.20. The van der Waals surface area contributed by atoms with Gasteiger partial charge in [-0.15, -0.1) is 0 Å². The highest BCUT2D eigenvalue weighted by molar-refractivity contribution is 5.75. The van der Waals surface area contributed by atoms with Crippen LogP contribution in [0.1, 0.15) is 12.8 Å². The van der Waals surface area contributed by atoms with Crippen molar-refractivity contribution in [3.8, 4) is 0 Å². The molecular weight excluding hydrogens is 156 g/mol. The molecule has 0 aromatic carbocycles. The zero-order valence-electron chi connectivity index (χ0n) is 7.20. The quantitative estimate of drug-likeness (QED) is 0.584. The molecule has 70 valence electrons. The van der Waals surface area contributed by atoms with E-state index in [-0.39, 0.29) is 12.5 Å². The Bertz CT molecular complexity index is 161. The second-order valence-corrected chi connectivity index (χ2v) is 3.39. The molecule has 1 fully saturated rings. The van der Waals surface area contributed by atoms with E-state index in [4.69, 9.17) is 10.8 Å². The topological polar surface area (TPSA) is 66.6 Å². The lowest BCUT2D eigenvalue weighted by Crippen LogP contribution is -2.41. The van der Waals surface area contributed by atoms with E-state index in [0.29, 0.717) is 12.5 Å². The molecule has 0 aromatic rings. The second-order valence-electron chi connectivity index (χ2n) is 3.39. The second kappa shape index (κ2) is 4.42. The summed E-state index contributed by atoms with van der Waals surface area (Å²) in [4.78, 5) is 12.6. The van der Waals surface area contributed by atoms with Gasteiger partial charge in [-0.2, -0.15) is 0 Å². The first-order valence-electron chi connectivity index (χ1n) is 4.34. The van der Waals surface area contributed by atoms with Crippen molar-refractivity contribution < 1.29 is 9.90 Å². The van der Waals surface area contributed by atoms with Crippen LogP contribution < -0.4 is 5.73 Å². The molecule has 3 N–H and O–H groups in total. The van der Waals surface area contributed by atoms with Crippen LogP contribution in [0.3, 0.4) is 0 Å². The molecule has 1 atom stereocenters. The van der Waals surface area contributed by atoms with Crippen molar-refractivity contribution in [2.45, 2.75) is 12.8 Å². The lowest BCUT2D eigenvalue weighted by atomic mass is 9.99. The van der Waals surface area contributed by atoms with Crippen LogP contribution in [0.15, 0.2) is 0 Å². The molecule has 1 aliphatic heterocycles. The number of nitrogens with two attached hydrogens (primary N) is 1.